The summed E-state index contributed by atoms with van der Waals surface area (Å²) in [4.78, 5) is 0. The van der Waals surface area contributed by atoms with Crippen molar-refractivity contribution in [2.24, 2.45) is 17.8 Å². The van der Waals surface area contributed by atoms with Crippen LogP contribution in [0.2, 0.25) is 0 Å². The van der Waals surface area contributed by atoms with Crippen molar-refractivity contribution in [1.82, 2.24) is 0 Å². The minimum absolute atomic E-state index is 0. The third-order valence-corrected chi connectivity index (χ3v) is 2.52. The van der Waals surface area contributed by atoms with Gasteiger partial charge in [-0.2, -0.15) is 11.8 Å². The molecule has 89 valence electrons. The quantitative estimate of drug-likeness (QED) is 0.732. The van der Waals surface area contributed by atoms with Crippen molar-refractivity contribution in [3.63, 3.8) is 0 Å². The fraction of sp³-hybridized carbons (Fsp3) is 0.846. The van der Waals surface area contributed by atoms with Gasteiger partial charge < -0.3 is 18.5 Å². The topological polar surface area (TPSA) is 20.2 Å². The van der Waals surface area contributed by atoms with E-state index in [-0.39, 0.29) is 32.7 Å². The fourth-order valence-corrected chi connectivity index (χ4v) is 1.99. The first kappa shape index (κ1) is 18.4. The van der Waals surface area contributed by atoms with Gasteiger partial charge in [0.05, 0.1) is 0 Å². The van der Waals surface area contributed by atoms with Gasteiger partial charge in [0.25, 0.3) is 0 Å². The van der Waals surface area contributed by atoms with E-state index in [2.05, 4.69) is 34.1 Å². The SMILES string of the molecule is CCC1[CH-]C(C)CC1C.[CH2-]C(C)(C)O.[Y]. The molecular formula is C13H26OY-2. The molecule has 0 spiro atoms. The van der Waals surface area contributed by atoms with Gasteiger partial charge in [0.1, 0.15) is 0 Å². The Morgan fingerprint density at radius 1 is 1.40 bits per heavy atom. The molecule has 0 saturated heterocycles. The zero-order chi connectivity index (χ0) is 11.4. The predicted octanol–water partition coefficient (Wildman–Crippen LogP) is 3.48. The Kier molecular flexibility index (Phi) is 10.1. The fourth-order valence-electron chi connectivity index (χ4n) is 1.99. The van der Waals surface area contributed by atoms with Gasteiger partial charge in [0.2, 0.25) is 0 Å². The maximum Gasteiger partial charge on any atom is 0 e. The van der Waals surface area contributed by atoms with E-state index >= 15 is 0 Å². The van der Waals surface area contributed by atoms with Gasteiger partial charge in [-0.15, -0.1) is 0 Å². The molecule has 2 heteroatoms. The second-order valence-corrected chi connectivity index (χ2v) is 5.27. The van der Waals surface area contributed by atoms with Crippen LogP contribution in [0.1, 0.15) is 47.5 Å². The maximum atomic E-state index is 8.41. The van der Waals surface area contributed by atoms with E-state index in [1.807, 2.05) is 0 Å². The summed E-state index contributed by atoms with van der Waals surface area (Å²) >= 11 is 0. The molecule has 1 fully saturated rings. The van der Waals surface area contributed by atoms with Crippen LogP contribution in [0.5, 0.6) is 0 Å². The van der Waals surface area contributed by atoms with Gasteiger partial charge in [-0.1, -0.05) is 59.0 Å². The van der Waals surface area contributed by atoms with Crippen LogP contribution in [0.25, 0.3) is 0 Å². The van der Waals surface area contributed by atoms with Crippen LogP contribution in [-0.2, 0) is 32.7 Å². The Morgan fingerprint density at radius 2 is 1.80 bits per heavy atom. The summed E-state index contributed by atoms with van der Waals surface area (Å²) in [5.41, 5.74) is -0.750. The Morgan fingerprint density at radius 3 is 1.93 bits per heavy atom. The van der Waals surface area contributed by atoms with E-state index in [0.717, 1.165) is 17.8 Å². The standard InChI is InChI=1S/C9H17.C4H9O.Y/c1-4-9-6-7(2)5-8(9)3;1-4(2,3)5;/h6-9H,4-5H2,1-3H3;5H,1H2,2-3H3;/q2*-1;. The van der Waals surface area contributed by atoms with Crippen LogP contribution in [0.3, 0.4) is 0 Å². The molecular weight excluding hydrogens is 261 g/mol. The van der Waals surface area contributed by atoms with Crippen molar-refractivity contribution in [2.75, 3.05) is 0 Å². The average Bonchev–Trinajstić information content (AvgIpc) is 2.25. The molecule has 0 amide bonds. The van der Waals surface area contributed by atoms with Crippen molar-refractivity contribution in [3.8, 4) is 0 Å². The Labute approximate surface area is 121 Å². The van der Waals surface area contributed by atoms with E-state index < -0.39 is 5.60 Å². The van der Waals surface area contributed by atoms with Gasteiger partial charge in [-0.3, -0.25) is 0 Å². The van der Waals surface area contributed by atoms with Crippen LogP contribution >= 0.6 is 0 Å². The summed E-state index contributed by atoms with van der Waals surface area (Å²) in [6.45, 7) is 13.6. The van der Waals surface area contributed by atoms with E-state index in [4.69, 9.17) is 5.11 Å². The van der Waals surface area contributed by atoms with E-state index in [1.54, 1.807) is 13.8 Å². The van der Waals surface area contributed by atoms with E-state index in [1.165, 1.54) is 12.8 Å². The van der Waals surface area contributed by atoms with Crippen LogP contribution in [0, 0.1) is 31.1 Å². The van der Waals surface area contributed by atoms with E-state index in [0.29, 0.717) is 0 Å². The molecule has 0 aromatic rings. The summed E-state index contributed by atoms with van der Waals surface area (Å²) < 4.78 is 0. The third kappa shape index (κ3) is 11.3. The van der Waals surface area contributed by atoms with Crippen LogP contribution in [0.15, 0.2) is 0 Å². The minimum Gasteiger partial charge on any atom is -0.423 e. The van der Waals surface area contributed by atoms with Gasteiger partial charge >= 0.3 is 0 Å². The Balaban J connectivity index is 0. The molecule has 3 atom stereocenters. The predicted molar refractivity (Wildman–Crippen MR) is 62.7 cm³/mol. The third-order valence-electron chi connectivity index (χ3n) is 2.52. The monoisotopic (exact) mass is 287 g/mol. The van der Waals surface area contributed by atoms with Crippen molar-refractivity contribution < 1.29 is 37.8 Å². The average molecular weight is 287 g/mol. The van der Waals surface area contributed by atoms with E-state index in [9.17, 15) is 0 Å². The first-order chi connectivity index (χ1) is 6.24. The molecule has 1 saturated carbocycles. The number of hydrogen-bond acceptors (Lipinski definition) is 1. The van der Waals surface area contributed by atoms with Crippen LogP contribution in [0.4, 0.5) is 0 Å². The van der Waals surface area contributed by atoms with Gasteiger partial charge in [0.15, 0.2) is 0 Å². The first-order valence-corrected chi connectivity index (χ1v) is 5.66. The van der Waals surface area contributed by atoms with Gasteiger partial charge in [-0.05, 0) is 0 Å². The maximum absolute atomic E-state index is 8.41. The smallest absolute Gasteiger partial charge is 0 e. The second-order valence-electron chi connectivity index (χ2n) is 5.27. The molecule has 15 heavy (non-hydrogen) atoms. The molecule has 1 N–H and O–H groups in total. The van der Waals surface area contributed by atoms with Crippen molar-refractivity contribution in [3.05, 3.63) is 13.3 Å². The molecule has 1 nitrogen and oxygen atoms in total. The molecule has 0 aliphatic heterocycles. The van der Waals surface area contributed by atoms with Crippen molar-refractivity contribution in [1.29, 1.82) is 0 Å². The molecule has 0 bridgehead atoms. The molecule has 1 radical (unpaired) electrons. The second kappa shape index (κ2) is 8.20. The Bertz CT molecular complexity index is 145. The van der Waals surface area contributed by atoms with Gasteiger partial charge in [0, 0.05) is 32.7 Å². The summed E-state index contributed by atoms with van der Waals surface area (Å²) in [5, 5.41) is 8.41. The summed E-state index contributed by atoms with van der Waals surface area (Å²) in [6, 6.07) is 0. The van der Waals surface area contributed by atoms with Crippen LogP contribution in [-0.4, -0.2) is 10.7 Å². The van der Waals surface area contributed by atoms with Gasteiger partial charge in [-0.25, -0.2) is 0 Å². The first-order valence-electron chi connectivity index (χ1n) is 5.66. The molecule has 0 aromatic carbocycles. The largest absolute Gasteiger partial charge is 0.423 e. The molecule has 0 aromatic heterocycles. The minimum atomic E-state index is -0.750. The molecule has 3 unspecified atom stereocenters. The normalized spacial score (nSPS) is 30.2. The number of hydrogen-bond donors (Lipinski definition) is 1. The molecule has 1 rings (SSSR count). The molecule has 1 aliphatic carbocycles. The number of aliphatic hydroxyl groups is 1. The summed E-state index contributed by atoms with van der Waals surface area (Å²) in [5.74, 6) is 2.75. The van der Waals surface area contributed by atoms with Crippen molar-refractivity contribution in [2.45, 2.75) is 53.1 Å². The van der Waals surface area contributed by atoms with Crippen molar-refractivity contribution >= 4 is 0 Å². The summed E-state index contributed by atoms with van der Waals surface area (Å²) in [6.07, 6.45) is 5.27. The zero-order valence-corrected chi connectivity index (χ0v) is 13.8. The summed E-state index contributed by atoms with van der Waals surface area (Å²) in [7, 11) is 0. The van der Waals surface area contributed by atoms with Crippen LogP contribution < -0.4 is 0 Å². The number of rotatable bonds is 1. The Hall–Kier alpha value is 1.06. The molecule has 1 aliphatic rings. The zero-order valence-electron chi connectivity index (χ0n) is 11.0. The molecule has 0 heterocycles.